The van der Waals surface area contributed by atoms with Gasteiger partial charge in [-0.1, -0.05) is 0 Å². The van der Waals surface area contributed by atoms with E-state index in [1.165, 1.54) is 24.3 Å². The molecule has 1 heterocycles. The Morgan fingerprint density at radius 1 is 1.12 bits per heavy atom. The molecule has 1 atom stereocenters. The van der Waals surface area contributed by atoms with E-state index in [1.807, 2.05) is 4.90 Å². The van der Waals surface area contributed by atoms with E-state index < -0.39 is 12.0 Å². The van der Waals surface area contributed by atoms with Gasteiger partial charge in [0.15, 0.2) is 0 Å². The minimum atomic E-state index is -1.03. The number of benzene rings is 1. The molecule has 0 aliphatic carbocycles. The van der Waals surface area contributed by atoms with E-state index in [9.17, 15) is 14.4 Å². The summed E-state index contributed by atoms with van der Waals surface area (Å²) in [6.45, 7) is 1.58. The summed E-state index contributed by atoms with van der Waals surface area (Å²) in [5.41, 5.74) is 6.46. The van der Waals surface area contributed by atoms with E-state index in [2.05, 4.69) is 5.32 Å². The van der Waals surface area contributed by atoms with Crippen molar-refractivity contribution >= 4 is 23.5 Å². The Balaban J connectivity index is 1.79. The van der Waals surface area contributed by atoms with Gasteiger partial charge in [0.1, 0.15) is 0 Å². The smallest absolute Gasteiger partial charge is 0.335 e. The van der Waals surface area contributed by atoms with Gasteiger partial charge in [0, 0.05) is 25.2 Å². The molecular weight excluding hydrogens is 310 g/mol. The van der Waals surface area contributed by atoms with Crippen molar-refractivity contribution in [3.8, 4) is 0 Å². The first-order chi connectivity index (χ1) is 11.5. The first-order valence-corrected chi connectivity index (χ1v) is 8.15. The zero-order valence-corrected chi connectivity index (χ0v) is 13.5. The Kier molecular flexibility index (Phi) is 6.31. The van der Waals surface area contributed by atoms with Gasteiger partial charge in [-0.05, 0) is 49.9 Å². The molecule has 4 N–H and O–H groups in total. The van der Waals surface area contributed by atoms with Crippen LogP contribution in [-0.4, -0.2) is 46.9 Å². The number of anilines is 1. The lowest BCUT2D eigenvalue weighted by Gasteiger charge is -2.27. The SMILES string of the molecule is N[C@@H](CCC(=O)N1CCCCC1)C(=O)Nc1ccc(C(=O)O)cc1. The maximum Gasteiger partial charge on any atom is 0.335 e. The number of nitrogens with two attached hydrogens (primary N) is 1. The summed E-state index contributed by atoms with van der Waals surface area (Å²) >= 11 is 0. The van der Waals surface area contributed by atoms with E-state index in [-0.39, 0.29) is 30.2 Å². The van der Waals surface area contributed by atoms with Crippen LogP contribution in [0, 0.1) is 0 Å². The number of carbonyl (C=O) groups excluding carboxylic acids is 2. The molecule has 0 saturated carbocycles. The second-order valence-corrected chi connectivity index (χ2v) is 5.96. The van der Waals surface area contributed by atoms with Gasteiger partial charge in [-0.2, -0.15) is 0 Å². The quantitative estimate of drug-likeness (QED) is 0.729. The molecule has 1 aromatic carbocycles. The van der Waals surface area contributed by atoms with Crippen molar-refractivity contribution in [2.24, 2.45) is 5.73 Å². The fourth-order valence-corrected chi connectivity index (χ4v) is 2.64. The predicted octanol–water partition coefficient (Wildman–Crippen LogP) is 1.44. The van der Waals surface area contributed by atoms with Gasteiger partial charge in [-0.25, -0.2) is 4.79 Å². The summed E-state index contributed by atoms with van der Waals surface area (Å²) in [6.07, 6.45) is 3.77. The summed E-state index contributed by atoms with van der Waals surface area (Å²) in [6, 6.07) is 5.05. The van der Waals surface area contributed by atoms with Crippen LogP contribution in [0.3, 0.4) is 0 Å². The molecule has 2 amide bonds. The Morgan fingerprint density at radius 2 is 1.75 bits per heavy atom. The lowest BCUT2D eigenvalue weighted by atomic mass is 10.1. The summed E-state index contributed by atoms with van der Waals surface area (Å²) in [4.78, 5) is 36.7. The standard InChI is InChI=1S/C17H23N3O4/c18-14(8-9-15(21)20-10-2-1-3-11-20)16(22)19-13-6-4-12(5-7-13)17(23)24/h4-7,14H,1-3,8-11,18H2,(H,19,22)(H,23,24)/t14-/m0/s1. The number of rotatable bonds is 6. The van der Waals surface area contributed by atoms with Gasteiger partial charge in [0.25, 0.3) is 0 Å². The minimum absolute atomic E-state index is 0.0451. The average Bonchev–Trinajstić information content (AvgIpc) is 2.60. The molecule has 0 unspecified atom stereocenters. The van der Waals surface area contributed by atoms with Crippen LogP contribution in [0.4, 0.5) is 5.69 Å². The molecule has 2 rings (SSSR count). The number of carboxylic acids is 1. The minimum Gasteiger partial charge on any atom is -0.478 e. The van der Waals surface area contributed by atoms with Crippen molar-refractivity contribution in [3.05, 3.63) is 29.8 Å². The molecule has 1 aromatic rings. The molecule has 24 heavy (non-hydrogen) atoms. The fourth-order valence-electron chi connectivity index (χ4n) is 2.64. The Labute approximate surface area is 140 Å². The first kappa shape index (κ1) is 17.9. The third kappa shape index (κ3) is 5.06. The topological polar surface area (TPSA) is 113 Å². The molecule has 1 fully saturated rings. The van der Waals surface area contributed by atoms with E-state index >= 15 is 0 Å². The Morgan fingerprint density at radius 3 is 2.33 bits per heavy atom. The Bertz CT molecular complexity index is 594. The number of carboxylic acid groups (broad SMARTS) is 1. The van der Waals surface area contributed by atoms with Crippen molar-refractivity contribution in [2.45, 2.75) is 38.1 Å². The van der Waals surface area contributed by atoms with Crippen molar-refractivity contribution in [2.75, 3.05) is 18.4 Å². The largest absolute Gasteiger partial charge is 0.478 e. The van der Waals surface area contributed by atoms with Gasteiger partial charge >= 0.3 is 5.97 Å². The molecule has 0 spiro atoms. The monoisotopic (exact) mass is 333 g/mol. The van der Waals surface area contributed by atoms with Crippen LogP contribution in [0.15, 0.2) is 24.3 Å². The highest BCUT2D eigenvalue weighted by Crippen LogP contribution is 2.13. The number of carbonyl (C=O) groups is 3. The third-order valence-corrected chi connectivity index (χ3v) is 4.11. The van der Waals surface area contributed by atoms with Gasteiger partial charge in [0.2, 0.25) is 11.8 Å². The highest BCUT2D eigenvalue weighted by atomic mass is 16.4. The van der Waals surface area contributed by atoms with E-state index in [0.29, 0.717) is 5.69 Å². The number of amides is 2. The van der Waals surface area contributed by atoms with Crippen LogP contribution in [0.2, 0.25) is 0 Å². The van der Waals surface area contributed by atoms with Crippen LogP contribution in [-0.2, 0) is 9.59 Å². The second-order valence-electron chi connectivity index (χ2n) is 5.96. The van der Waals surface area contributed by atoms with Crippen LogP contribution in [0.25, 0.3) is 0 Å². The molecule has 0 bridgehead atoms. The lowest BCUT2D eigenvalue weighted by Crippen LogP contribution is -2.39. The number of nitrogens with one attached hydrogen (secondary N) is 1. The highest BCUT2D eigenvalue weighted by molar-refractivity contribution is 5.95. The predicted molar refractivity (Wildman–Crippen MR) is 89.7 cm³/mol. The number of hydrogen-bond donors (Lipinski definition) is 3. The van der Waals surface area contributed by atoms with Gasteiger partial charge in [-0.3, -0.25) is 9.59 Å². The normalized spacial score (nSPS) is 15.6. The van der Waals surface area contributed by atoms with Crippen molar-refractivity contribution in [3.63, 3.8) is 0 Å². The Hall–Kier alpha value is -2.41. The van der Waals surface area contributed by atoms with E-state index in [4.69, 9.17) is 10.8 Å². The number of hydrogen-bond acceptors (Lipinski definition) is 4. The van der Waals surface area contributed by atoms with Gasteiger partial charge < -0.3 is 21.1 Å². The van der Waals surface area contributed by atoms with Gasteiger partial charge in [-0.15, -0.1) is 0 Å². The number of nitrogens with zero attached hydrogens (tertiary/aromatic N) is 1. The molecule has 7 heteroatoms. The zero-order chi connectivity index (χ0) is 17.5. The fraction of sp³-hybridized carbons (Fsp3) is 0.471. The van der Waals surface area contributed by atoms with Crippen molar-refractivity contribution < 1.29 is 19.5 Å². The van der Waals surface area contributed by atoms with Crippen LogP contribution >= 0.6 is 0 Å². The molecule has 0 radical (unpaired) electrons. The molecule has 1 aliphatic heterocycles. The number of likely N-dealkylation sites (tertiary alicyclic amines) is 1. The molecule has 130 valence electrons. The average molecular weight is 333 g/mol. The highest BCUT2D eigenvalue weighted by Gasteiger charge is 2.20. The van der Waals surface area contributed by atoms with Crippen LogP contribution in [0.1, 0.15) is 42.5 Å². The molecule has 1 aliphatic rings. The second kappa shape index (κ2) is 8.44. The first-order valence-electron chi connectivity index (χ1n) is 8.15. The summed E-state index contributed by atoms with van der Waals surface area (Å²) in [5, 5.41) is 11.5. The van der Waals surface area contributed by atoms with Crippen LogP contribution < -0.4 is 11.1 Å². The van der Waals surface area contributed by atoms with Crippen molar-refractivity contribution in [1.29, 1.82) is 0 Å². The molecular formula is C17H23N3O4. The molecule has 1 saturated heterocycles. The van der Waals surface area contributed by atoms with E-state index in [0.717, 1.165) is 32.4 Å². The van der Waals surface area contributed by atoms with Crippen molar-refractivity contribution in [1.82, 2.24) is 4.90 Å². The maximum absolute atomic E-state index is 12.1. The molecule has 0 aromatic heterocycles. The summed E-state index contributed by atoms with van der Waals surface area (Å²) in [5.74, 6) is -1.37. The third-order valence-electron chi connectivity index (χ3n) is 4.11. The van der Waals surface area contributed by atoms with Gasteiger partial charge in [0.05, 0.1) is 11.6 Å². The van der Waals surface area contributed by atoms with Crippen LogP contribution in [0.5, 0.6) is 0 Å². The number of aromatic carboxylic acids is 1. The maximum atomic E-state index is 12.1. The molecule has 7 nitrogen and oxygen atoms in total. The lowest BCUT2D eigenvalue weighted by molar-refractivity contribution is -0.132. The zero-order valence-electron chi connectivity index (χ0n) is 13.5. The number of piperidine rings is 1. The summed E-state index contributed by atoms with van der Waals surface area (Å²) in [7, 11) is 0. The van der Waals surface area contributed by atoms with E-state index in [1.54, 1.807) is 0 Å². The summed E-state index contributed by atoms with van der Waals surface area (Å²) < 4.78 is 0.